The Morgan fingerprint density at radius 3 is 2.24 bits per heavy atom. The number of hydrogen-bond donors (Lipinski definition) is 0. The summed E-state index contributed by atoms with van der Waals surface area (Å²) in [6.07, 6.45) is 1.63. The molecule has 0 heterocycles. The third-order valence-corrected chi connectivity index (χ3v) is 3.20. The fourth-order valence-electron chi connectivity index (χ4n) is 1.33. The van der Waals surface area contributed by atoms with Gasteiger partial charge in [0.2, 0.25) is 0 Å². The molecule has 0 radical (unpaired) electrons. The fourth-order valence-corrected chi connectivity index (χ4v) is 2.03. The molecule has 1 nitrogen and oxygen atoms in total. The molecule has 2 aromatic carbocycles. The van der Waals surface area contributed by atoms with Crippen LogP contribution in [0.25, 0.3) is 0 Å². The molecule has 0 bridgehead atoms. The molecule has 0 aliphatic rings. The molecule has 0 fully saturated rings. The zero-order chi connectivity index (χ0) is 12.3. The minimum atomic E-state index is 0.572. The van der Waals surface area contributed by atoms with Gasteiger partial charge >= 0.3 is 0 Å². The second-order valence-electron chi connectivity index (χ2n) is 3.36. The second kappa shape index (κ2) is 5.50. The van der Waals surface area contributed by atoms with Gasteiger partial charge in [-0.05, 0) is 18.2 Å². The van der Waals surface area contributed by atoms with Crippen molar-refractivity contribution in [2.75, 3.05) is 0 Å². The van der Waals surface area contributed by atoms with Gasteiger partial charge < -0.3 is 12.6 Å². The highest BCUT2D eigenvalue weighted by Crippen LogP contribution is 2.24. The number of halogens is 2. The lowest BCUT2D eigenvalue weighted by Gasteiger charge is -2.08. The molecule has 0 N–H and O–H groups in total. The van der Waals surface area contributed by atoms with E-state index in [0.717, 1.165) is 5.69 Å². The van der Waals surface area contributed by atoms with Gasteiger partial charge in [-0.25, -0.2) is 0 Å². The number of nitrogens with zero attached hydrogens (tertiary/aromatic N) is 1. The minimum Gasteiger partial charge on any atom is -0.778 e. The summed E-state index contributed by atoms with van der Waals surface area (Å²) in [5.74, 6) is 0. The Morgan fingerprint density at radius 1 is 0.941 bits per heavy atom. The Kier molecular flexibility index (Phi) is 4.00. The van der Waals surface area contributed by atoms with Crippen LogP contribution in [0.15, 0.2) is 52.4 Å². The van der Waals surface area contributed by atoms with E-state index in [-0.39, 0.29) is 0 Å². The predicted molar refractivity (Wildman–Crippen MR) is 75.8 cm³/mol. The molecule has 0 aromatic heterocycles. The van der Waals surface area contributed by atoms with Gasteiger partial charge in [-0.3, -0.25) is 4.99 Å². The van der Waals surface area contributed by atoms with E-state index in [1.807, 2.05) is 24.3 Å². The average Bonchev–Trinajstić information content (AvgIpc) is 2.30. The molecule has 0 unspecified atom stereocenters. The first-order valence-corrected chi connectivity index (χ1v) is 6.09. The molecule has 0 aliphatic carbocycles. The average molecular weight is 281 g/mol. The molecule has 17 heavy (non-hydrogen) atoms. The van der Waals surface area contributed by atoms with Gasteiger partial charge in [-0.15, -0.1) is 4.90 Å². The van der Waals surface area contributed by atoms with Crippen LogP contribution in [0, 0.1) is 0 Å². The van der Waals surface area contributed by atoms with Gasteiger partial charge in [0.1, 0.15) is 0 Å². The molecular formula is C13H8Cl2NS-. The van der Waals surface area contributed by atoms with Gasteiger partial charge in [-0.2, -0.15) is 0 Å². The smallest absolute Gasteiger partial charge is 0.0508 e. The molecule has 4 heteroatoms. The highest BCUT2D eigenvalue weighted by atomic mass is 35.5. The van der Waals surface area contributed by atoms with Crippen LogP contribution in [0.4, 0.5) is 5.69 Å². The third-order valence-electron chi connectivity index (χ3n) is 2.20. The van der Waals surface area contributed by atoms with Gasteiger partial charge in [-0.1, -0.05) is 47.5 Å². The quantitative estimate of drug-likeness (QED) is 0.576. The highest BCUT2D eigenvalue weighted by Gasteiger charge is 2.01. The molecule has 0 saturated heterocycles. The van der Waals surface area contributed by atoms with Crippen molar-refractivity contribution >= 4 is 47.7 Å². The molecule has 0 spiro atoms. The molecule has 0 saturated carbocycles. The Labute approximate surface area is 116 Å². The first-order valence-electron chi connectivity index (χ1n) is 4.92. The van der Waals surface area contributed by atoms with Gasteiger partial charge in [0.25, 0.3) is 0 Å². The van der Waals surface area contributed by atoms with Crippen molar-refractivity contribution in [2.45, 2.75) is 4.90 Å². The number of para-hydroxylation sites is 1. The summed E-state index contributed by atoms with van der Waals surface area (Å²) in [5, 5.41) is 1.14. The summed E-state index contributed by atoms with van der Waals surface area (Å²) in [5.41, 5.74) is 1.44. The Morgan fingerprint density at radius 2 is 1.59 bits per heavy atom. The summed E-state index contributed by atoms with van der Waals surface area (Å²) in [6.45, 7) is 0. The second-order valence-corrected chi connectivity index (χ2v) is 4.62. The lowest BCUT2D eigenvalue weighted by atomic mass is 10.2. The lowest BCUT2D eigenvalue weighted by molar-refractivity contribution is 1.39. The Bertz CT molecular complexity index is 547. The van der Waals surface area contributed by atoms with E-state index in [9.17, 15) is 0 Å². The highest BCUT2D eigenvalue weighted by molar-refractivity contribution is 7.59. The van der Waals surface area contributed by atoms with Crippen LogP contribution in [-0.2, 0) is 12.6 Å². The SMILES string of the molecule is [S-]c1ccccc1N=Cc1c(Cl)cccc1Cl. The van der Waals surface area contributed by atoms with E-state index in [4.69, 9.17) is 35.8 Å². The van der Waals surface area contributed by atoms with E-state index >= 15 is 0 Å². The monoisotopic (exact) mass is 280 g/mol. The fraction of sp³-hybridized carbons (Fsp3) is 0. The van der Waals surface area contributed by atoms with E-state index in [1.165, 1.54) is 0 Å². The Hall–Kier alpha value is -1.09. The maximum absolute atomic E-state index is 6.03. The number of rotatable bonds is 2. The van der Waals surface area contributed by atoms with E-state index in [0.29, 0.717) is 20.5 Å². The van der Waals surface area contributed by atoms with Crippen molar-refractivity contribution in [2.24, 2.45) is 4.99 Å². The van der Waals surface area contributed by atoms with Gasteiger partial charge in [0, 0.05) is 17.5 Å². The summed E-state index contributed by atoms with van der Waals surface area (Å²) in [4.78, 5) is 5.00. The van der Waals surface area contributed by atoms with Crippen LogP contribution in [0.5, 0.6) is 0 Å². The van der Waals surface area contributed by atoms with Gasteiger partial charge in [0.15, 0.2) is 0 Å². The van der Waals surface area contributed by atoms with Crippen LogP contribution in [0.3, 0.4) is 0 Å². The molecule has 0 aliphatic heterocycles. The van der Waals surface area contributed by atoms with Crippen LogP contribution in [0.1, 0.15) is 5.56 Å². The lowest BCUT2D eigenvalue weighted by Crippen LogP contribution is -1.84. The zero-order valence-corrected chi connectivity index (χ0v) is 11.1. The summed E-state index contributed by atoms with van der Waals surface area (Å²) >= 11 is 17.2. The Balaban J connectivity index is 2.36. The summed E-state index contributed by atoms with van der Waals surface area (Å²) in [6, 6.07) is 12.8. The predicted octanol–water partition coefficient (Wildman–Crippen LogP) is 4.65. The third kappa shape index (κ3) is 2.97. The zero-order valence-electron chi connectivity index (χ0n) is 8.73. The molecular weight excluding hydrogens is 273 g/mol. The van der Waals surface area contributed by atoms with Gasteiger partial charge in [0.05, 0.1) is 10.0 Å². The summed E-state index contributed by atoms with van der Waals surface area (Å²) < 4.78 is 0. The van der Waals surface area contributed by atoms with E-state index in [1.54, 1.807) is 24.4 Å². The molecule has 2 rings (SSSR count). The van der Waals surface area contributed by atoms with Crippen LogP contribution in [0.2, 0.25) is 10.0 Å². The number of hydrogen-bond acceptors (Lipinski definition) is 2. The molecule has 2 aromatic rings. The maximum atomic E-state index is 6.03. The normalized spacial score (nSPS) is 10.9. The number of aliphatic imine (C=N–C) groups is 1. The van der Waals surface area contributed by atoms with E-state index in [2.05, 4.69) is 4.99 Å². The molecule has 0 atom stereocenters. The van der Waals surface area contributed by atoms with Crippen molar-refractivity contribution in [3.63, 3.8) is 0 Å². The number of benzene rings is 2. The minimum absolute atomic E-state index is 0.572. The van der Waals surface area contributed by atoms with Crippen molar-refractivity contribution in [3.05, 3.63) is 58.1 Å². The van der Waals surface area contributed by atoms with Crippen molar-refractivity contribution in [1.82, 2.24) is 0 Å². The first kappa shape index (κ1) is 12.4. The topological polar surface area (TPSA) is 12.4 Å². The first-order chi connectivity index (χ1) is 8.18. The van der Waals surface area contributed by atoms with E-state index < -0.39 is 0 Å². The van der Waals surface area contributed by atoms with Crippen molar-refractivity contribution in [1.29, 1.82) is 0 Å². The largest absolute Gasteiger partial charge is 0.778 e. The molecule has 0 amide bonds. The van der Waals surface area contributed by atoms with Crippen LogP contribution in [-0.4, -0.2) is 6.21 Å². The van der Waals surface area contributed by atoms with Crippen molar-refractivity contribution < 1.29 is 0 Å². The van der Waals surface area contributed by atoms with Crippen LogP contribution < -0.4 is 0 Å². The summed E-state index contributed by atoms with van der Waals surface area (Å²) in [7, 11) is 0. The standard InChI is InChI=1S/C13H9Cl2NS/c14-10-4-3-5-11(15)9(10)8-16-12-6-1-2-7-13(12)17/h1-8,17H/p-1. The maximum Gasteiger partial charge on any atom is 0.0508 e. The molecule has 86 valence electrons. The van der Waals surface area contributed by atoms with Crippen LogP contribution >= 0.6 is 23.2 Å². The van der Waals surface area contributed by atoms with Crippen molar-refractivity contribution in [3.8, 4) is 0 Å².